The van der Waals surface area contributed by atoms with Crippen LogP contribution in [0.2, 0.25) is 0 Å². The molecule has 0 aliphatic carbocycles. The van der Waals surface area contributed by atoms with E-state index >= 15 is 0 Å². The summed E-state index contributed by atoms with van der Waals surface area (Å²) in [7, 11) is 1.70. The van der Waals surface area contributed by atoms with E-state index in [0.717, 1.165) is 49.4 Å². The fourth-order valence-corrected chi connectivity index (χ4v) is 5.57. The number of hydrogen-bond acceptors (Lipinski definition) is 4. The van der Waals surface area contributed by atoms with Gasteiger partial charge in [-0.25, -0.2) is 4.39 Å². The van der Waals surface area contributed by atoms with Crippen molar-refractivity contribution in [1.82, 2.24) is 5.32 Å². The molecule has 0 saturated carbocycles. The van der Waals surface area contributed by atoms with Gasteiger partial charge in [-0.15, -0.1) is 0 Å². The van der Waals surface area contributed by atoms with E-state index in [-0.39, 0.29) is 18.0 Å². The molecule has 3 atom stereocenters. The first-order valence-electron chi connectivity index (χ1n) is 12.8. The Hall–Kier alpha value is -3.05. The molecule has 2 heterocycles. The molecule has 5 rings (SSSR count). The number of rotatable bonds is 7. The lowest BCUT2D eigenvalue weighted by Crippen LogP contribution is -2.44. The van der Waals surface area contributed by atoms with Crippen LogP contribution >= 0.6 is 0 Å². The number of fused-ring (bicyclic) bond motifs is 1. The van der Waals surface area contributed by atoms with Crippen molar-refractivity contribution in [3.63, 3.8) is 0 Å². The van der Waals surface area contributed by atoms with Gasteiger partial charge in [0.2, 0.25) is 0 Å². The molecular formula is C30H35FN2O2. The Balaban J connectivity index is 1.47. The summed E-state index contributed by atoms with van der Waals surface area (Å²) < 4.78 is 27.0. The molecule has 3 aromatic rings. The summed E-state index contributed by atoms with van der Waals surface area (Å²) in [6.07, 6.45) is 5.28. The molecule has 184 valence electrons. The number of nitrogens with one attached hydrogen (secondary N) is 1. The summed E-state index contributed by atoms with van der Waals surface area (Å²) in [6.45, 7) is 3.96. The zero-order chi connectivity index (χ0) is 24.2. The number of nitrogens with zero attached hydrogens (tertiary/aromatic N) is 1. The average molecular weight is 475 g/mol. The summed E-state index contributed by atoms with van der Waals surface area (Å²) in [5.41, 5.74) is 4.28. The van der Waals surface area contributed by atoms with Crippen LogP contribution in [0.3, 0.4) is 0 Å². The van der Waals surface area contributed by atoms with Gasteiger partial charge in [0.15, 0.2) is 0 Å². The normalized spacial score (nSPS) is 20.7. The lowest BCUT2D eigenvalue weighted by molar-refractivity contribution is 0.151. The maximum absolute atomic E-state index is 14.9. The van der Waals surface area contributed by atoms with E-state index < -0.39 is 0 Å². The van der Waals surface area contributed by atoms with Gasteiger partial charge in [-0.3, -0.25) is 0 Å². The molecule has 0 aromatic heterocycles. The largest absolute Gasteiger partial charge is 0.497 e. The Kier molecular flexibility index (Phi) is 7.24. The van der Waals surface area contributed by atoms with Gasteiger partial charge in [-0.1, -0.05) is 42.8 Å². The summed E-state index contributed by atoms with van der Waals surface area (Å²) in [4.78, 5) is 2.22. The van der Waals surface area contributed by atoms with E-state index in [1.165, 1.54) is 24.0 Å². The molecule has 3 unspecified atom stereocenters. The third-order valence-electron chi connectivity index (χ3n) is 7.48. The van der Waals surface area contributed by atoms with Crippen molar-refractivity contribution >= 4 is 5.69 Å². The van der Waals surface area contributed by atoms with Crippen LogP contribution in [-0.4, -0.2) is 32.3 Å². The number of hydrogen-bond donors (Lipinski definition) is 1. The Morgan fingerprint density at radius 1 is 1.06 bits per heavy atom. The van der Waals surface area contributed by atoms with Crippen molar-refractivity contribution in [2.24, 2.45) is 0 Å². The van der Waals surface area contributed by atoms with E-state index in [9.17, 15) is 4.39 Å². The number of ether oxygens (including phenoxy) is 2. The van der Waals surface area contributed by atoms with Crippen molar-refractivity contribution in [2.45, 2.75) is 57.2 Å². The van der Waals surface area contributed by atoms with Gasteiger partial charge in [0.05, 0.1) is 18.8 Å². The fraction of sp³-hybridized carbons (Fsp3) is 0.400. The molecule has 4 nitrogen and oxygen atoms in total. The molecule has 2 aliphatic rings. The maximum Gasteiger partial charge on any atom is 0.146 e. The first-order chi connectivity index (χ1) is 17.1. The van der Waals surface area contributed by atoms with E-state index in [0.29, 0.717) is 11.7 Å². The zero-order valence-corrected chi connectivity index (χ0v) is 20.7. The first kappa shape index (κ1) is 23.7. The van der Waals surface area contributed by atoms with E-state index in [1.807, 2.05) is 24.3 Å². The number of para-hydroxylation sites is 2. The zero-order valence-electron chi connectivity index (χ0n) is 20.7. The third kappa shape index (κ3) is 5.15. The van der Waals surface area contributed by atoms with Crippen LogP contribution in [0.5, 0.6) is 11.5 Å². The van der Waals surface area contributed by atoms with Gasteiger partial charge in [-0.05, 0) is 79.8 Å². The molecule has 2 aliphatic heterocycles. The van der Waals surface area contributed by atoms with Crippen LogP contribution in [0, 0.1) is 5.82 Å². The summed E-state index contributed by atoms with van der Waals surface area (Å²) in [5, 5.41) is 3.61. The SMILES string of the molecule is COc1ccc2c(c1)CCN(c1ccccc1F)C2Cc1ccccc1OC(C)C1CCCCN1. The molecule has 5 heteroatoms. The molecule has 0 spiro atoms. The average Bonchev–Trinajstić information content (AvgIpc) is 2.90. The quantitative estimate of drug-likeness (QED) is 0.449. The van der Waals surface area contributed by atoms with Crippen LogP contribution in [0.15, 0.2) is 66.7 Å². The Morgan fingerprint density at radius 3 is 2.69 bits per heavy atom. The smallest absolute Gasteiger partial charge is 0.146 e. The predicted molar refractivity (Wildman–Crippen MR) is 139 cm³/mol. The highest BCUT2D eigenvalue weighted by molar-refractivity contribution is 5.55. The van der Waals surface area contributed by atoms with E-state index in [2.05, 4.69) is 47.5 Å². The highest BCUT2D eigenvalue weighted by Crippen LogP contribution is 2.39. The van der Waals surface area contributed by atoms with Crippen molar-refractivity contribution in [1.29, 1.82) is 0 Å². The predicted octanol–water partition coefficient (Wildman–Crippen LogP) is 6.09. The number of halogens is 1. The molecule has 1 N–H and O–H groups in total. The van der Waals surface area contributed by atoms with Gasteiger partial charge in [0.25, 0.3) is 0 Å². The van der Waals surface area contributed by atoms with Gasteiger partial charge in [0.1, 0.15) is 23.4 Å². The minimum atomic E-state index is -0.184. The number of piperidine rings is 1. The second kappa shape index (κ2) is 10.7. The number of anilines is 1. The van der Waals surface area contributed by atoms with Crippen molar-refractivity contribution in [2.75, 3.05) is 25.1 Å². The standard InChI is InChI=1S/C30H35FN2O2/c1-21(27-11-7-8-17-32-27)35-30-13-6-3-9-23(30)20-29-25-15-14-24(34-2)19-22(25)16-18-33(29)28-12-5-4-10-26(28)31/h3-6,9-10,12-15,19,21,27,29,32H,7-8,11,16-18,20H2,1-2H3. The van der Waals surface area contributed by atoms with E-state index in [1.54, 1.807) is 19.2 Å². The Bertz CT molecular complexity index is 1140. The van der Waals surface area contributed by atoms with Crippen molar-refractivity contribution in [3.05, 3.63) is 89.2 Å². The Morgan fingerprint density at radius 2 is 1.89 bits per heavy atom. The van der Waals surface area contributed by atoms with Crippen LogP contribution < -0.4 is 19.7 Å². The van der Waals surface area contributed by atoms with Gasteiger partial charge < -0.3 is 19.7 Å². The molecule has 35 heavy (non-hydrogen) atoms. The first-order valence-corrected chi connectivity index (χ1v) is 12.8. The maximum atomic E-state index is 14.9. The molecule has 1 saturated heterocycles. The Labute approximate surface area is 208 Å². The monoisotopic (exact) mass is 474 g/mol. The van der Waals surface area contributed by atoms with E-state index in [4.69, 9.17) is 9.47 Å². The number of methoxy groups -OCH3 is 1. The second-order valence-corrected chi connectivity index (χ2v) is 9.67. The van der Waals surface area contributed by atoms with Crippen molar-refractivity contribution in [3.8, 4) is 11.5 Å². The van der Waals surface area contributed by atoms with Gasteiger partial charge in [0, 0.05) is 19.0 Å². The third-order valence-corrected chi connectivity index (χ3v) is 7.48. The fourth-order valence-electron chi connectivity index (χ4n) is 5.57. The minimum absolute atomic E-state index is 0.00517. The summed E-state index contributed by atoms with van der Waals surface area (Å²) >= 11 is 0. The molecule has 0 amide bonds. The van der Waals surface area contributed by atoms with Gasteiger partial charge in [-0.2, -0.15) is 0 Å². The van der Waals surface area contributed by atoms with Crippen LogP contribution in [0.4, 0.5) is 10.1 Å². The van der Waals surface area contributed by atoms with Crippen LogP contribution in [0.25, 0.3) is 0 Å². The topological polar surface area (TPSA) is 33.7 Å². The minimum Gasteiger partial charge on any atom is -0.497 e. The molecule has 1 fully saturated rings. The number of benzene rings is 3. The lowest BCUT2D eigenvalue weighted by Gasteiger charge is -2.40. The molecule has 0 radical (unpaired) electrons. The van der Waals surface area contributed by atoms with Crippen molar-refractivity contribution < 1.29 is 13.9 Å². The summed E-state index contributed by atoms with van der Waals surface area (Å²) in [6, 6.07) is 22.1. The lowest BCUT2D eigenvalue weighted by atomic mass is 9.87. The highest BCUT2D eigenvalue weighted by Gasteiger charge is 2.31. The van der Waals surface area contributed by atoms with Crippen LogP contribution in [-0.2, 0) is 12.8 Å². The van der Waals surface area contributed by atoms with Crippen LogP contribution in [0.1, 0.15) is 48.9 Å². The second-order valence-electron chi connectivity index (χ2n) is 9.67. The molecular weight excluding hydrogens is 439 g/mol. The molecule has 3 aromatic carbocycles. The molecule has 0 bridgehead atoms. The summed E-state index contributed by atoms with van der Waals surface area (Å²) in [5.74, 6) is 1.59. The van der Waals surface area contributed by atoms with Gasteiger partial charge >= 0.3 is 0 Å². The highest BCUT2D eigenvalue weighted by atomic mass is 19.1.